The van der Waals surface area contributed by atoms with Gasteiger partial charge in [-0.2, -0.15) is 0 Å². The van der Waals surface area contributed by atoms with Crippen molar-refractivity contribution in [2.75, 3.05) is 18.1 Å². The molecule has 1 aromatic heterocycles. The second-order valence-electron chi connectivity index (χ2n) is 5.45. The van der Waals surface area contributed by atoms with E-state index in [9.17, 15) is 9.90 Å². The molecule has 0 unspecified atom stereocenters. The Bertz CT molecular complexity index is 488. The fourth-order valence-corrected chi connectivity index (χ4v) is 3.62. The van der Waals surface area contributed by atoms with Crippen LogP contribution in [0.4, 0.5) is 5.69 Å². The van der Waals surface area contributed by atoms with Gasteiger partial charge in [0.25, 0.3) is 0 Å². The standard InChI is InChI=1S/C15H22N2O3S/c1-2-20-14(18)11-3-6-15(19,7-4-11)10-21-13-5-8-17-9-12(13)16/h5,8-9,11,19H,2-4,6-7,10,16H2,1H3. The molecule has 0 bridgehead atoms. The summed E-state index contributed by atoms with van der Waals surface area (Å²) < 4.78 is 5.05. The second-order valence-corrected chi connectivity index (χ2v) is 6.47. The van der Waals surface area contributed by atoms with Crippen LogP contribution in [0.3, 0.4) is 0 Å². The molecule has 0 atom stereocenters. The number of carbonyl (C=O) groups is 1. The lowest BCUT2D eigenvalue weighted by Gasteiger charge is -2.35. The molecule has 0 spiro atoms. The summed E-state index contributed by atoms with van der Waals surface area (Å²) in [5, 5.41) is 10.6. The van der Waals surface area contributed by atoms with Crippen molar-refractivity contribution in [3.05, 3.63) is 18.5 Å². The van der Waals surface area contributed by atoms with Crippen LogP contribution in [-0.2, 0) is 9.53 Å². The van der Waals surface area contributed by atoms with Crippen molar-refractivity contribution in [3.63, 3.8) is 0 Å². The average Bonchev–Trinajstić information content (AvgIpc) is 2.47. The largest absolute Gasteiger partial charge is 0.466 e. The topological polar surface area (TPSA) is 85.4 Å². The van der Waals surface area contributed by atoms with Crippen LogP contribution < -0.4 is 5.73 Å². The molecule has 1 aliphatic carbocycles. The number of anilines is 1. The first-order valence-corrected chi connectivity index (χ1v) is 8.24. The van der Waals surface area contributed by atoms with Crippen molar-refractivity contribution >= 4 is 23.4 Å². The van der Waals surface area contributed by atoms with Crippen LogP contribution in [0.15, 0.2) is 23.4 Å². The van der Waals surface area contributed by atoms with Gasteiger partial charge in [0.2, 0.25) is 0 Å². The van der Waals surface area contributed by atoms with Gasteiger partial charge in [-0.1, -0.05) is 0 Å². The zero-order chi connectivity index (χ0) is 15.3. The van der Waals surface area contributed by atoms with Crippen molar-refractivity contribution < 1.29 is 14.6 Å². The molecule has 0 amide bonds. The molecular weight excluding hydrogens is 288 g/mol. The Kier molecular flexibility index (Phi) is 5.47. The molecule has 1 aromatic rings. The quantitative estimate of drug-likeness (QED) is 0.641. The van der Waals surface area contributed by atoms with E-state index in [-0.39, 0.29) is 11.9 Å². The molecule has 1 aliphatic rings. The van der Waals surface area contributed by atoms with E-state index in [1.165, 1.54) is 0 Å². The van der Waals surface area contributed by atoms with E-state index < -0.39 is 5.60 Å². The Morgan fingerprint density at radius 3 is 2.90 bits per heavy atom. The lowest BCUT2D eigenvalue weighted by Crippen LogP contribution is -2.38. The van der Waals surface area contributed by atoms with Crippen molar-refractivity contribution in [3.8, 4) is 0 Å². The number of aromatic nitrogens is 1. The van der Waals surface area contributed by atoms with E-state index in [0.29, 0.717) is 43.7 Å². The number of hydrogen-bond acceptors (Lipinski definition) is 6. The smallest absolute Gasteiger partial charge is 0.308 e. The molecule has 0 aromatic carbocycles. The number of ether oxygens (including phenoxy) is 1. The Balaban J connectivity index is 1.85. The van der Waals surface area contributed by atoms with Gasteiger partial charge in [0.1, 0.15) is 0 Å². The highest BCUT2D eigenvalue weighted by Crippen LogP contribution is 2.37. The zero-order valence-corrected chi connectivity index (χ0v) is 13.1. The van der Waals surface area contributed by atoms with Crippen molar-refractivity contribution in [1.82, 2.24) is 4.98 Å². The third-order valence-electron chi connectivity index (χ3n) is 3.84. The van der Waals surface area contributed by atoms with Crippen LogP contribution in [0, 0.1) is 5.92 Å². The van der Waals surface area contributed by atoms with Gasteiger partial charge < -0.3 is 15.6 Å². The molecule has 5 nitrogen and oxygen atoms in total. The minimum atomic E-state index is -0.733. The first-order chi connectivity index (χ1) is 10.0. The lowest BCUT2D eigenvalue weighted by atomic mass is 9.80. The van der Waals surface area contributed by atoms with Gasteiger partial charge in [-0.3, -0.25) is 9.78 Å². The van der Waals surface area contributed by atoms with E-state index in [1.807, 2.05) is 13.0 Å². The SMILES string of the molecule is CCOC(=O)C1CCC(O)(CSc2ccncc2N)CC1. The van der Waals surface area contributed by atoms with Crippen LogP contribution >= 0.6 is 11.8 Å². The summed E-state index contributed by atoms with van der Waals surface area (Å²) in [6, 6.07) is 1.85. The lowest BCUT2D eigenvalue weighted by molar-refractivity contribution is -0.150. The third kappa shape index (κ3) is 4.35. The molecule has 0 radical (unpaired) electrons. The summed E-state index contributed by atoms with van der Waals surface area (Å²) in [7, 11) is 0. The zero-order valence-electron chi connectivity index (χ0n) is 12.2. The molecule has 116 valence electrons. The molecular formula is C15H22N2O3S. The second kappa shape index (κ2) is 7.13. The van der Waals surface area contributed by atoms with E-state index in [1.54, 1.807) is 24.2 Å². The number of hydrogen-bond donors (Lipinski definition) is 2. The number of nitrogens with two attached hydrogens (primary N) is 1. The van der Waals surface area contributed by atoms with Crippen molar-refractivity contribution in [2.45, 2.75) is 43.1 Å². The minimum Gasteiger partial charge on any atom is -0.466 e. The number of nitrogen functional groups attached to an aromatic ring is 1. The van der Waals surface area contributed by atoms with Crippen LogP contribution in [0.25, 0.3) is 0 Å². The Morgan fingerprint density at radius 1 is 1.57 bits per heavy atom. The van der Waals surface area contributed by atoms with E-state index >= 15 is 0 Å². The van der Waals surface area contributed by atoms with E-state index in [4.69, 9.17) is 10.5 Å². The van der Waals surface area contributed by atoms with Gasteiger partial charge >= 0.3 is 5.97 Å². The summed E-state index contributed by atoms with van der Waals surface area (Å²) in [6.45, 7) is 2.23. The molecule has 0 saturated heterocycles. The Hall–Kier alpha value is -1.27. The van der Waals surface area contributed by atoms with Gasteiger partial charge in [-0.25, -0.2) is 0 Å². The number of carbonyl (C=O) groups excluding carboxylic acids is 1. The van der Waals surface area contributed by atoms with Gasteiger partial charge in [0, 0.05) is 16.8 Å². The van der Waals surface area contributed by atoms with Gasteiger partial charge in [0.15, 0.2) is 0 Å². The molecule has 6 heteroatoms. The number of esters is 1. The molecule has 1 saturated carbocycles. The number of aliphatic hydroxyl groups is 1. The van der Waals surface area contributed by atoms with Crippen LogP contribution in [0.2, 0.25) is 0 Å². The van der Waals surface area contributed by atoms with Crippen molar-refractivity contribution in [2.24, 2.45) is 5.92 Å². The monoisotopic (exact) mass is 310 g/mol. The third-order valence-corrected chi connectivity index (χ3v) is 5.21. The predicted molar refractivity (Wildman–Crippen MR) is 82.9 cm³/mol. The van der Waals surface area contributed by atoms with E-state index in [0.717, 1.165) is 4.90 Å². The molecule has 1 heterocycles. The molecule has 21 heavy (non-hydrogen) atoms. The fourth-order valence-electron chi connectivity index (χ4n) is 2.53. The van der Waals surface area contributed by atoms with Crippen LogP contribution in [-0.4, -0.2) is 34.0 Å². The average molecular weight is 310 g/mol. The maximum Gasteiger partial charge on any atom is 0.308 e. The maximum atomic E-state index is 11.7. The highest BCUT2D eigenvalue weighted by Gasteiger charge is 2.36. The molecule has 3 N–H and O–H groups in total. The highest BCUT2D eigenvalue weighted by molar-refractivity contribution is 7.99. The first-order valence-electron chi connectivity index (χ1n) is 7.25. The number of rotatable bonds is 5. The number of nitrogens with zero attached hydrogens (tertiary/aromatic N) is 1. The number of pyridine rings is 1. The fraction of sp³-hybridized carbons (Fsp3) is 0.600. The summed E-state index contributed by atoms with van der Waals surface area (Å²) in [5.74, 6) is 0.378. The predicted octanol–water partition coefficient (Wildman–Crippen LogP) is 2.24. The maximum absolute atomic E-state index is 11.7. The van der Waals surface area contributed by atoms with Crippen LogP contribution in [0.5, 0.6) is 0 Å². The van der Waals surface area contributed by atoms with Gasteiger partial charge in [-0.15, -0.1) is 11.8 Å². The Morgan fingerprint density at radius 2 is 2.29 bits per heavy atom. The normalized spacial score (nSPS) is 25.5. The van der Waals surface area contributed by atoms with Crippen molar-refractivity contribution in [1.29, 1.82) is 0 Å². The summed E-state index contributed by atoms with van der Waals surface area (Å²) in [6.07, 6.45) is 5.91. The summed E-state index contributed by atoms with van der Waals surface area (Å²) in [4.78, 5) is 16.6. The van der Waals surface area contributed by atoms with Gasteiger partial charge in [-0.05, 0) is 38.7 Å². The highest BCUT2D eigenvalue weighted by atomic mass is 32.2. The molecule has 0 aliphatic heterocycles. The molecule has 2 rings (SSSR count). The first kappa shape index (κ1) is 16.1. The summed E-state index contributed by atoms with van der Waals surface area (Å²) in [5.41, 5.74) is 5.75. The van der Waals surface area contributed by atoms with E-state index in [2.05, 4.69) is 4.98 Å². The molecule has 1 fully saturated rings. The number of thioether (sulfide) groups is 1. The Labute approximate surface area is 129 Å². The van der Waals surface area contributed by atoms with Crippen LogP contribution in [0.1, 0.15) is 32.6 Å². The van der Waals surface area contributed by atoms with Gasteiger partial charge in [0.05, 0.1) is 30.0 Å². The minimum absolute atomic E-state index is 0.0683. The summed E-state index contributed by atoms with van der Waals surface area (Å²) >= 11 is 1.54.